The average molecular weight is 327 g/mol. The summed E-state index contributed by atoms with van der Waals surface area (Å²) in [7, 11) is 0. The number of hydrogen-bond donors (Lipinski definition) is 2. The van der Waals surface area contributed by atoms with Gasteiger partial charge in [0, 0.05) is 24.6 Å². The summed E-state index contributed by atoms with van der Waals surface area (Å²) in [6.45, 7) is 4.61. The van der Waals surface area contributed by atoms with Crippen LogP contribution in [0.4, 0.5) is 0 Å². The molecule has 3 rings (SSSR count). The van der Waals surface area contributed by atoms with Crippen molar-refractivity contribution in [2.45, 2.75) is 38.8 Å². The Kier molecular flexibility index (Phi) is 4.59. The van der Waals surface area contributed by atoms with Crippen molar-refractivity contribution in [1.82, 2.24) is 25.4 Å². The minimum Gasteiger partial charge on any atom is -0.356 e. The zero-order valence-electron chi connectivity index (χ0n) is 13.8. The number of fused-ring (bicyclic) bond motifs is 1. The summed E-state index contributed by atoms with van der Waals surface area (Å²) in [6.07, 6.45) is 2.56. The van der Waals surface area contributed by atoms with Crippen molar-refractivity contribution in [3.63, 3.8) is 0 Å². The largest absolute Gasteiger partial charge is 0.356 e. The van der Waals surface area contributed by atoms with Crippen LogP contribution in [-0.4, -0.2) is 33.1 Å². The lowest BCUT2D eigenvalue weighted by molar-refractivity contribution is -0.121. The maximum atomic E-state index is 12.2. The number of nitrogens with zero attached hydrogens (tertiary/aromatic N) is 3. The van der Waals surface area contributed by atoms with Gasteiger partial charge in [-0.15, -0.1) is 10.2 Å². The molecule has 0 aliphatic carbocycles. The number of carbonyl (C=O) groups is 2. The Hall–Kier alpha value is -2.70. The zero-order valence-corrected chi connectivity index (χ0v) is 13.8. The van der Waals surface area contributed by atoms with Gasteiger partial charge in [-0.1, -0.05) is 18.2 Å². The second-order valence-corrected chi connectivity index (χ2v) is 6.17. The highest BCUT2D eigenvalue weighted by Crippen LogP contribution is 2.27. The van der Waals surface area contributed by atoms with Gasteiger partial charge in [0.05, 0.1) is 12.5 Å². The monoisotopic (exact) mass is 327 g/mol. The minimum absolute atomic E-state index is 0.0902. The van der Waals surface area contributed by atoms with E-state index >= 15 is 0 Å². The first-order valence-electron chi connectivity index (χ1n) is 8.11. The van der Waals surface area contributed by atoms with Crippen LogP contribution in [0.1, 0.15) is 54.1 Å². The van der Waals surface area contributed by atoms with E-state index < -0.39 is 0 Å². The highest BCUT2D eigenvalue weighted by molar-refractivity contribution is 5.99. The molecule has 1 aliphatic heterocycles. The van der Waals surface area contributed by atoms with Crippen molar-refractivity contribution in [1.29, 1.82) is 0 Å². The predicted octanol–water partition coefficient (Wildman–Crippen LogP) is 1.39. The van der Waals surface area contributed by atoms with Crippen LogP contribution in [0, 0.1) is 0 Å². The van der Waals surface area contributed by atoms with Gasteiger partial charge in [-0.05, 0) is 25.5 Å². The lowest BCUT2D eigenvalue weighted by Crippen LogP contribution is -2.30. The minimum atomic E-state index is -0.256. The SMILES string of the molecule is CC(C)n1cnnc1CCNC(=O)C[C@H]1NC(=O)c2ccccc21. The van der Waals surface area contributed by atoms with Crippen molar-refractivity contribution in [2.75, 3.05) is 6.54 Å². The van der Waals surface area contributed by atoms with E-state index in [1.54, 1.807) is 12.4 Å². The average Bonchev–Trinajstić information content (AvgIpc) is 3.14. The summed E-state index contributed by atoms with van der Waals surface area (Å²) in [5.41, 5.74) is 1.54. The third kappa shape index (κ3) is 3.29. The number of nitrogens with one attached hydrogen (secondary N) is 2. The lowest BCUT2D eigenvalue weighted by atomic mass is 10.0. The van der Waals surface area contributed by atoms with E-state index in [2.05, 4.69) is 34.7 Å². The van der Waals surface area contributed by atoms with Crippen molar-refractivity contribution >= 4 is 11.8 Å². The van der Waals surface area contributed by atoms with E-state index in [4.69, 9.17) is 0 Å². The van der Waals surface area contributed by atoms with Gasteiger partial charge in [-0.3, -0.25) is 9.59 Å². The Balaban J connectivity index is 1.52. The molecule has 126 valence electrons. The molecule has 2 amide bonds. The highest BCUT2D eigenvalue weighted by Gasteiger charge is 2.29. The van der Waals surface area contributed by atoms with Gasteiger partial charge < -0.3 is 15.2 Å². The van der Waals surface area contributed by atoms with Crippen molar-refractivity contribution in [2.24, 2.45) is 0 Å². The molecule has 0 bridgehead atoms. The Morgan fingerprint density at radius 3 is 2.96 bits per heavy atom. The molecule has 0 saturated heterocycles. The predicted molar refractivity (Wildman–Crippen MR) is 88.4 cm³/mol. The number of carbonyl (C=O) groups excluding carboxylic acids is 2. The van der Waals surface area contributed by atoms with Crippen LogP contribution in [0.3, 0.4) is 0 Å². The molecule has 0 saturated carbocycles. The summed E-state index contributed by atoms with van der Waals surface area (Å²) >= 11 is 0. The van der Waals surface area contributed by atoms with Crippen LogP contribution in [0.5, 0.6) is 0 Å². The Morgan fingerprint density at radius 2 is 2.17 bits per heavy atom. The van der Waals surface area contributed by atoms with Crippen LogP contribution in [0.15, 0.2) is 30.6 Å². The maximum absolute atomic E-state index is 12.2. The Labute approximate surface area is 140 Å². The number of aromatic nitrogens is 3. The van der Waals surface area contributed by atoms with E-state index in [1.165, 1.54) is 0 Å². The molecule has 0 spiro atoms. The molecule has 2 aromatic rings. The van der Waals surface area contributed by atoms with Crippen LogP contribution < -0.4 is 10.6 Å². The summed E-state index contributed by atoms with van der Waals surface area (Å²) < 4.78 is 1.99. The van der Waals surface area contributed by atoms with Crippen LogP contribution in [-0.2, 0) is 11.2 Å². The van der Waals surface area contributed by atoms with Crippen LogP contribution >= 0.6 is 0 Å². The number of hydrogen-bond acceptors (Lipinski definition) is 4. The number of rotatable bonds is 6. The molecule has 7 nitrogen and oxygen atoms in total. The summed E-state index contributed by atoms with van der Waals surface area (Å²) in [5, 5.41) is 13.7. The van der Waals surface area contributed by atoms with E-state index in [0.29, 0.717) is 18.5 Å². The molecule has 0 radical (unpaired) electrons. The first-order valence-corrected chi connectivity index (χ1v) is 8.11. The number of benzene rings is 1. The highest BCUT2D eigenvalue weighted by atomic mass is 16.2. The van der Waals surface area contributed by atoms with Gasteiger partial charge in [-0.25, -0.2) is 0 Å². The second-order valence-electron chi connectivity index (χ2n) is 6.17. The van der Waals surface area contributed by atoms with Crippen molar-refractivity contribution < 1.29 is 9.59 Å². The van der Waals surface area contributed by atoms with E-state index in [1.807, 2.05) is 22.8 Å². The quantitative estimate of drug-likeness (QED) is 0.839. The Morgan fingerprint density at radius 1 is 1.38 bits per heavy atom. The van der Waals surface area contributed by atoms with Gasteiger partial charge in [0.15, 0.2) is 0 Å². The Bertz CT molecular complexity index is 753. The molecule has 1 aromatic heterocycles. The first-order chi connectivity index (χ1) is 11.6. The van der Waals surface area contributed by atoms with Crippen LogP contribution in [0.2, 0.25) is 0 Å². The normalized spacial score (nSPS) is 16.1. The lowest BCUT2D eigenvalue weighted by Gasteiger charge is -2.13. The maximum Gasteiger partial charge on any atom is 0.252 e. The van der Waals surface area contributed by atoms with E-state index in [-0.39, 0.29) is 30.3 Å². The number of amides is 2. The third-order valence-electron chi connectivity index (χ3n) is 4.15. The molecular formula is C17H21N5O2. The van der Waals surface area contributed by atoms with Crippen molar-refractivity contribution in [3.8, 4) is 0 Å². The molecule has 24 heavy (non-hydrogen) atoms. The molecule has 0 fully saturated rings. The van der Waals surface area contributed by atoms with Gasteiger partial charge in [-0.2, -0.15) is 0 Å². The van der Waals surface area contributed by atoms with Gasteiger partial charge in [0.2, 0.25) is 5.91 Å². The van der Waals surface area contributed by atoms with Gasteiger partial charge >= 0.3 is 0 Å². The molecule has 2 heterocycles. The second kappa shape index (κ2) is 6.82. The summed E-state index contributed by atoms with van der Waals surface area (Å²) in [4.78, 5) is 24.0. The van der Waals surface area contributed by atoms with E-state index in [0.717, 1.165) is 11.4 Å². The summed E-state index contributed by atoms with van der Waals surface area (Å²) in [5.74, 6) is 0.644. The molecule has 2 N–H and O–H groups in total. The molecular weight excluding hydrogens is 306 g/mol. The topological polar surface area (TPSA) is 88.9 Å². The summed E-state index contributed by atoms with van der Waals surface area (Å²) in [6, 6.07) is 7.40. The first kappa shape index (κ1) is 16.2. The fourth-order valence-corrected chi connectivity index (χ4v) is 2.93. The standard InChI is InChI=1S/C17H21N5O2/c1-11(2)22-10-19-21-15(22)7-8-18-16(23)9-14-12-5-3-4-6-13(12)17(24)20-14/h3-6,10-11,14H,7-9H2,1-2H3,(H,18,23)(H,20,24)/t14-/m1/s1. The smallest absolute Gasteiger partial charge is 0.252 e. The van der Waals surface area contributed by atoms with E-state index in [9.17, 15) is 9.59 Å². The van der Waals surface area contributed by atoms with Crippen LogP contribution in [0.25, 0.3) is 0 Å². The molecule has 0 unspecified atom stereocenters. The fraction of sp³-hybridized carbons (Fsp3) is 0.412. The molecule has 1 aliphatic rings. The zero-order chi connectivity index (χ0) is 17.1. The molecule has 7 heteroatoms. The third-order valence-corrected chi connectivity index (χ3v) is 4.15. The van der Waals surface area contributed by atoms with Crippen molar-refractivity contribution in [3.05, 3.63) is 47.5 Å². The van der Waals surface area contributed by atoms with Gasteiger partial charge in [0.25, 0.3) is 5.91 Å². The fourth-order valence-electron chi connectivity index (χ4n) is 2.93. The molecule has 1 atom stereocenters. The molecule has 1 aromatic carbocycles. The van der Waals surface area contributed by atoms with Gasteiger partial charge in [0.1, 0.15) is 12.2 Å².